The van der Waals surface area contributed by atoms with E-state index in [1.165, 1.54) is 0 Å². The van der Waals surface area contributed by atoms with Crippen molar-refractivity contribution in [2.75, 3.05) is 20.1 Å². The summed E-state index contributed by atoms with van der Waals surface area (Å²) in [7, 11) is 2.13. The van der Waals surface area contributed by atoms with Crippen LogP contribution in [-0.2, 0) is 0 Å². The standard InChI is InChI=1S/C12H19NO/c1-4-5-12(10(2)14)11-6-8-13(3)9-7-11/h4-5,11,14H,1-2,6-9H2,3H3/b12-5+. The molecule has 0 aromatic heterocycles. The van der Waals surface area contributed by atoms with Crippen LogP contribution in [0.1, 0.15) is 12.8 Å². The van der Waals surface area contributed by atoms with Gasteiger partial charge < -0.3 is 10.0 Å². The van der Waals surface area contributed by atoms with Crippen LogP contribution in [-0.4, -0.2) is 30.1 Å². The van der Waals surface area contributed by atoms with E-state index >= 15 is 0 Å². The van der Waals surface area contributed by atoms with E-state index in [1.54, 1.807) is 6.08 Å². The second-order valence-corrected chi connectivity index (χ2v) is 3.88. The van der Waals surface area contributed by atoms with Crippen molar-refractivity contribution in [3.05, 3.63) is 36.6 Å². The molecule has 14 heavy (non-hydrogen) atoms. The van der Waals surface area contributed by atoms with E-state index in [2.05, 4.69) is 25.1 Å². The maximum Gasteiger partial charge on any atom is 0.111 e. The first-order chi connectivity index (χ1) is 6.65. The Morgan fingerprint density at radius 3 is 2.43 bits per heavy atom. The molecule has 0 aromatic rings. The third-order valence-electron chi connectivity index (χ3n) is 2.79. The summed E-state index contributed by atoms with van der Waals surface area (Å²) in [5.41, 5.74) is 0.952. The van der Waals surface area contributed by atoms with Crippen molar-refractivity contribution in [3.8, 4) is 0 Å². The van der Waals surface area contributed by atoms with E-state index in [9.17, 15) is 5.11 Å². The number of piperidine rings is 1. The van der Waals surface area contributed by atoms with Crippen molar-refractivity contribution in [3.63, 3.8) is 0 Å². The van der Waals surface area contributed by atoms with Gasteiger partial charge in [0.2, 0.25) is 0 Å². The van der Waals surface area contributed by atoms with Crippen molar-refractivity contribution in [2.45, 2.75) is 12.8 Å². The molecule has 0 radical (unpaired) electrons. The Labute approximate surface area is 86.2 Å². The van der Waals surface area contributed by atoms with E-state index in [0.717, 1.165) is 31.5 Å². The quantitative estimate of drug-likeness (QED) is 0.550. The van der Waals surface area contributed by atoms with Crippen LogP contribution in [0.5, 0.6) is 0 Å². The van der Waals surface area contributed by atoms with Gasteiger partial charge in [0.25, 0.3) is 0 Å². The highest BCUT2D eigenvalue weighted by Gasteiger charge is 2.21. The zero-order chi connectivity index (χ0) is 10.6. The number of nitrogens with zero attached hydrogens (tertiary/aromatic N) is 1. The molecular weight excluding hydrogens is 174 g/mol. The lowest BCUT2D eigenvalue weighted by molar-refractivity contribution is 0.233. The summed E-state index contributed by atoms with van der Waals surface area (Å²) >= 11 is 0. The van der Waals surface area contributed by atoms with Gasteiger partial charge >= 0.3 is 0 Å². The molecule has 1 fully saturated rings. The zero-order valence-electron chi connectivity index (χ0n) is 8.87. The Kier molecular flexibility index (Phi) is 3.96. The van der Waals surface area contributed by atoms with Crippen LogP contribution in [0, 0.1) is 5.92 Å². The molecular formula is C12H19NO. The fraction of sp³-hybridized carbons (Fsp3) is 0.500. The number of rotatable bonds is 3. The summed E-state index contributed by atoms with van der Waals surface area (Å²) in [6.07, 6.45) is 5.78. The highest BCUT2D eigenvalue weighted by molar-refractivity contribution is 5.28. The lowest BCUT2D eigenvalue weighted by Gasteiger charge is -2.30. The molecule has 2 heteroatoms. The van der Waals surface area contributed by atoms with E-state index in [1.807, 2.05) is 6.08 Å². The minimum absolute atomic E-state index is 0.194. The predicted molar refractivity (Wildman–Crippen MR) is 60.3 cm³/mol. The van der Waals surface area contributed by atoms with Crippen molar-refractivity contribution in [1.29, 1.82) is 0 Å². The number of aliphatic hydroxyl groups excluding tert-OH is 1. The number of aliphatic hydroxyl groups is 1. The lowest BCUT2D eigenvalue weighted by Crippen LogP contribution is -2.31. The molecule has 1 aliphatic heterocycles. The normalized spacial score (nSPS) is 20.8. The molecule has 78 valence electrons. The molecule has 0 spiro atoms. The monoisotopic (exact) mass is 193 g/mol. The van der Waals surface area contributed by atoms with Gasteiger partial charge in [0.15, 0.2) is 0 Å². The SMILES string of the molecule is C=C/C=C(\C(=C)O)C1CCN(C)CC1. The van der Waals surface area contributed by atoms with Gasteiger partial charge in [0, 0.05) is 0 Å². The second kappa shape index (κ2) is 5.01. The van der Waals surface area contributed by atoms with Crippen molar-refractivity contribution < 1.29 is 5.11 Å². The highest BCUT2D eigenvalue weighted by Crippen LogP contribution is 2.27. The Morgan fingerprint density at radius 1 is 1.43 bits per heavy atom. The summed E-state index contributed by atoms with van der Waals surface area (Å²) in [4.78, 5) is 2.31. The molecule has 1 aliphatic rings. The number of hydrogen-bond donors (Lipinski definition) is 1. The van der Waals surface area contributed by atoms with Gasteiger partial charge in [0.1, 0.15) is 5.76 Å². The van der Waals surface area contributed by atoms with Gasteiger partial charge in [-0.1, -0.05) is 25.3 Å². The fourth-order valence-corrected chi connectivity index (χ4v) is 1.91. The largest absolute Gasteiger partial charge is 0.508 e. The number of likely N-dealkylation sites (tertiary alicyclic amines) is 1. The molecule has 0 atom stereocenters. The van der Waals surface area contributed by atoms with Gasteiger partial charge in [-0.05, 0) is 44.5 Å². The molecule has 2 nitrogen and oxygen atoms in total. The predicted octanol–water partition coefficient (Wildman–Crippen LogP) is 2.51. The Hall–Kier alpha value is -1.02. The van der Waals surface area contributed by atoms with E-state index in [-0.39, 0.29) is 5.76 Å². The van der Waals surface area contributed by atoms with Gasteiger partial charge in [-0.15, -0.1) is 0 Å². The van der Waals surface area contributed by atoms with Crippen LogP contribution in [0.3, 0.4) is 0 Å². The third kappa shape index (κ3) is 2.74. The van der Waals surface area contributed by atoms with Crippen molar-refractivity contribution in [2.24, 2.45) is 5.92 Å². The first-order valence-electron chi connectivity index (χ1n) is 5.04. The van der Waals surface area contributed by atoms with Crippen molar-refractivity contribution >= 4 is 0 Å². The number of hydrogen-bond acceptors (Lipinski definition) is 2. The summed E-state index contributed by atoms with van der Waals surface area (Å²) in [6.45, 7) is 9.43. The molecule has 0 saturated carbocycles. The molecule has 0 aliphatic carbocycles. The Bertz CT molecular complexity index is 247. The van der Waals surface area contributed by atoms with Gasteiger partial charge in [0.05, 0.1) is 0 Å². The summed E-state index contributed by atoms with van der Waals surface area (Å²) in [6, 6.07) is 0. The summed E-state index contributed by atoms with van der Waals surface area (Å²) in [5, 5.41) is 9.44. The first kappa shape index (κ1) is 11.1. The maximum atomic E-state index is 9.44. The van der Waals surface area contributed by atoms with Gasteiger partial charge in [-0.3, -0.25) is 0 Å². The van der Waals surface area contributed by atoms with Crippen LogP contribution in [0.25, 0.3) is 0 Å². The Morgan fingerprint density at radius 2 is 2.00 bits per heavy atom. The average molecular weight is 193 g/mol. The van der Waals surface area contributed by atoms with E-state index in [4.69, 9.17) is 0 Å². The molecule has 0 aromatic carbocycles. The molecule has 0 amide bonds. The van der Waals surface area contributed by atoms with Crippen LogP contribution in [0.2, 0.25) is 0 Å². The Balaban J connectivity index is 2.66. The molecule has 0 bridgehead atoms. The van der Waals surface area contributed by atoms with Gasteiger partial charge in [-0.25, -0.2) is 0 Å². The van der Waals surface area contributed by atoms with E-state index in [0.29, 0.717) is 5.92 Å². The van der Waals surface area contributed by atoms with Gasteiger partial charge in [-0.2, -0.15) is 0 Å². The fourth-order valence-electron chi connectivity index (χ4n) is 1.91. The molecule has 1 saturated heterocycles. The highest BCUT2D eigenvalue weighted by atomic mass is 16.3. The van der Waals surface area contributed by atoms with Crippen LogP contribution < -0.4 is 0 Å². The van der Waals surface area contributed by atoms with Crippen molar-refractivity contribution in [1.82, 2.24) is 4.90 Å². The molecule has 1 N–H and O–H groups in total. The first-order valence-corrected chi connectivity index (χ1v) is 5.04. The minimum Gasteiger partial charge on any atom is -0.508 e. The second-order valence-electron chi connectivity index (χ2n) is 3.88. The lowest BCUT2D eigenvalue weighted by atomic mass is 9.88. The molecule has 1 heterocycles. The van der Waals surface area contributed by atoms with E-state index < -0.39 is 0 Å². The average Bonchev–Trinajstić information content (AvgIpc) is 2.15. The van der Waals surface area contributed by atoms with Crippen LogP contribution >= 0.6 is 0 Å². The zero-order valence-corrected chi connectivity index (χ0v) is 8.87. The topological polar surface area (TPSA) is 23.5 Å². The molecule has 0 unspecified atom stereocenters. The smallest absolute Gasteiger partial charge is 0.111 e. The third-order valence-corrected chi connectivity index (χ3v) is 2.79. The summed E-state index contributed by atoms with van der Waals surface area (Å²) in [5.74, 6) is 0.640. The maximum absolute atomic E-state index is 9.44. The minimum atomic E-state index is 0.194. The molecule has 1 rings (SSSR count). The summed E-state index contributed by atoms with van der Waals surface area (Å²) < 4.78 is 0. The van der Waals surface area contributed by atoms with Crippen LogP contribution in [0.15, 0.2) is 36.6 Å². The van der Waals surface area contributed by atoms with Crippen LogP contribution in [0.4, 0.5) is 0 Å². The number of allylic oxidation sites excluding steroid dienone is 3.